The van der Waals surface area contributed by atoms with E-state index in [2.05, 4.69) is 0 Å². The van der Waals surface area contributed by atoms with Gasteiger partial charge in [0.15, 0.2) is 0 Å². The van der Waals surface area contributed by atoms with Gasteiger partial charge in [0.25, 0.3) is 0 Å². The SMILES string of the molecule is COC(=O)[C@@H]1CCCN1S(=O)(=O)C1=Cc2ccccc2CC1. The Morgan fingerprint density at radius 2 is 2.05 bits per heavy atom. The summed E-state index contributed by atoms with van der Waals surface area (Å²) in [4.78, 5) is 12.2. The summed E-state index contributed by atoms with van der Waals surface area (Å²) in [6.45, 7) is 0.376. The van der Waals surface area contributed by atoms with Crippen LogP contribution in [0.2, 0.25) is 0 Å². The lowest BCUT2D eigenvalue weighted by atomic mass is 9.98. The number of rotatable bonds is 3. The number of benzene rings is 1. The molecule has 3 rings (SSSR count). The fourth-order valence-corrected chi connectivity index (χ4v) is 4.99. The molecule has 0 bridgehead atoms. The summed E-state index contributed by atoms with van der Waals surface area (Å²) in [5, 5.41) is 0. The van der Waals surface area contributed by atoms with Crippen molar-refractivity contribution in [2.24, 2.45) is 0 Å². The molecule has 1 aliphatic carbocycles. The molecule has 0 unspecified atom stereocenters. The first kappa shape index (κ1) is 15.2. The molecule has 1 aromatic carbocycles. The second-order valence-corrected chi connectivity index (χ2v) is 7.55. The second-order valence-electron chi connectivity index (χ2n) is 5.61. The van der Waals surface area contributed by atoms with Crippen molar-refractivity contribution in [3.63, 3.8) is 0 Å². The largest absolute Gasteiger partial charge is 0.468 e. The van der Waals surface area contributed by atoms with Gasteiger partial charge in [0.05, 0.1) is 12.0 Å². The van der Waals surface area contributed by atoms with Crippen LogP contribution < -0.4 is 0 Å². The normalized spacial score (nSPS) is 22.0. The zero-order chi connectivity index (χ0) is 15.7. The molecule has 0 amide bonds. The Morgan fingerprint density at radius 1 is 1.27 bits per heavy atom. The molecule has 2 aliphatic rings. The Balaban J connectivity index is 1.94. The van der Waals surface area contributed by atoms with Crippen LogP contribution in [0, 0.1) is 0 Å². The number of hydrogen-bond donors (Lipinski definition) is 0. The molecule has 6 heteroatoms. The zero-order valence-corrected chi connectivity index (χ0v) is 13.3. The lowest BCUT2D eigenvalue weighted by Gasteiger charge is -2.25. The molecule has 1 saturated heterocycles. The van der Waals surface area contributed by atoms with Gasteiger partial charge in [0.2, 0.25) is 10.0 Å². The van der Waals surface area contributed by atoms with Gasteiger partial charge in [-0.25, -0.2) is 8.42 Å². The number of fused-ring (bicyclic) bond motifs is 1. The van der Waals surface area contributed by atoms with Crippen molar-refractivity contribution < 1.29 is 17.9 Å². The van der Waals surface area contributed by atoms with E-state index in [0.717, 1.165) is 11.1 Å². The van der Waals surface area contributed by atoms with E-state index in [1.54, 1.807) is 6.08 Å². The van der Waals surface area contributed by atoms with Gasteiger partial charge in [-0.3, -0.25) is 4.79 Å². The van der Waals surface area contributed by atoms with Crippen molar-refractivity contribution in [1.29, 1.82) is 0 Å². The molecule has 118 valence electrons. The van der Waals surface area contributed by atoms with Gasteiger partial charge in [0, 0.05) is 6.54 Å². The highest BCUT2D eigenvalue weighted by Crippen LogP contribution is 2.32. The Kier molecular flexibility index (Phi) is 4.06. The summed E-state index contributed by atoms with van der Waals surface area (Å²) in [7, 11) is -2.32. The molecule has 5 nitrogen and oxygen atoms in total. The molecule has 1 atom stereocenters. The Bertz CT molecular complexity index is 723. The van der Waals surface area contributed by atoms with Gasteiger partial charge in [0.1, 0.15) is 6.04 Å². The highest BCUT2D eigenvalue weighted by molar-refractivity contribution is 7.93. The summed E-state index contributed by atoms with van der Waals surface area (Å²) >= 11 is 0. The second kappa shape index (κ2) is 5.85. The van der Waals surface area contributed by atoms with Crippen molar-refractivity contribution in [1.82, 2.24) is 4.31 Å². The van der Waals surface area contributed by atoms with Crippen LogP contribution in [0.15, 0.2) is 29.2 Å². The Labute approximate surface area is 130 Å². The van der Waals surface area contributed by atoms with Gasteiger partial charge in [-0.1, -0.05) is 24.3 Å². The van der Waals surface area contributed by atoms with Crippen molar-refractivity contribution in [2.45, 2.75) is 31.7 Å². The van der Waals surface area contributed by atoms with Gasteiger partial charge in [-0.05, 0) is 42.9 Å². The van der Waals surface area contributed by atoms with Crippen LogP contribution >= 0.6 is 0 Å². The van der Waals surface area contributed by atoms with Crippen LogP contribution in [-0.4, -0.2) is 38.4 Å². The zero-order valence-electron chi connectivity index (χ0n) is 12.5. The summed E-state index contributed by atoms with van der Waals surface area (Å²) in [6, 6.07) is 7.11. The summed E-state index contributed by atoms with van der Waals surface area (Å²) in [5.74, 6) is -0.474. The van der Waals surface area contributed by atoms with Gasteiger partial charge >= 0.3 is 5.97 Å². The average Bonchev–Trinajstić information content (AvgIpc) is 3.04. The first-order valence-electron chi connectivity index (χ1n) is 7.42. The van der Waals surface area contributed by atoms with Crippen molar-refractivity contribution >= 4 is 22.1 Å². The number of esters is 1. The van der Waals surface area contributed by atoms with Crippen LogP contribution in [0.3, 0.4) is 0 Å². The molecule has 0 radical (unpaired) electrons. The molecule has 0 spiro atoms. The number of methoxy groups -OCH3 is 1. The molecule has 22 heavy (non-hydrogen) atoms. The Morgan fingerprint density at radius 3 is 2.82 bits per heavy atom. The maximum atomic E-state index is 12.9. The maximum absolute atomic E-state index is 12.9. The topological polar surface area (TPSA) is 63.7 Å². The van der Waals surface area contributed by atoms with Crippen LogP contribution in [0.4, 0.5) is 0 Å². The highest BCUT2D eigenvalue weighted by atomic mass is 32.2. The van der Waals surface area contributed by atoms with Crippen LogP contribution in [0.25, 0.3) is 6.08 Å². The minimum absolute atomic E-state index is 0.376. The van der Waals surface area contributed by atoms with Crippen LogP contribution in [0.5, 0.6) is 0 Å². The first-order valence-corrected chi connectivity index (χ1v) is 8.86. The van der Waals surface area contributed by atoms with Crippen molar-refractivity contribution in [2.75, 3.05) is 13.7 Å². The predicted molar refractivity (Wildman–Crippen MR) is 83.4 cm³/mol. The van der Waals surface area contributed by atoms with E-state index in [9.17, 15) is 13.2 Å². The highest BCUT2D eigenvalue weighted by Gasteiger charge is 2.41. The summed E-state index contributed by atoms with van der Waals surface area (Å²) in [6.07, 6.45) is 4.13. The molecule has 1 aromatic rings. The van der Waals surface area contributed by atoms with Crippen molar-refractivity contribution in [3.05, 3.63) is 40.3 Å². The fraction of sp³-hybridized carbons (Fsp3) is 0.438. The number of carbonyl (C=O) groups is 1. The van der Waals surface area contributed by atoms with E-state index in [1.165, 1.54) is 11.4 Å². The Hall–Kier alpha value is -1.66. The van der Waals surface area contributed by atoms with Gasteiger partial charge in [-0.2, -0.15) is 4.31 Å². The van der Waals surface area contributed by atoms with E-state index in [0.29, 0.717) is 37.1 Å². The molecule has 1 heterocycles. The smallest absolute Gasteiger partial charge is 0.324 e. The van der Waals surface area contributed by atoms with E-state index in [1.807, 2.05) is 24.3 Å². The number of carbonyl (C=O) groups excluding carboxylic acids is 1. The standard InChI is InChI=1S/C16H19NO4S/c1-21-16(18)15-7-4-10-17(15)22(19,20)14-9-8-12-5-2-3-6-13(12)11-14/h2-3,5-6,11,15H,4,7-10H2,1H3/t15-/m0/s1. The number of allylic oxidation sites excluding steroid dienone is 1. The molecular weight excluding hydrogens is 302 g/mol. The third-order valence-electron chi connectivity index (χ3n) is 4.33. The molecule has 0 aromatic heterocycles. The maximum Gasteiger partial charge on any atom is 0.324 e. The van der Waals surface area contributed by atoms with E-state index in [4.69, 9.17) is 4.74 Å². The van der Waals surface area contributed by atoms with E-state index >= 15 is 0 Å². The molecule has 0 N–H and O–H groups in total. The monoisotopic (exact) mass is 321 g/mol. The first-order chi connectivity index (χ1) is 10.5. The van der Waals surface area contributed by atoms with E-state index in [-0.39, 0.29) is 0 Å². The number of aryl methyl sites for hydroxylation is 1. The quantitative estimate of drug-likeness (QED) is 0.798. The number of nitrogens with zero attached hydrogens (tertiary/aromatic N) is 1. The molecule has 1 fully saturated rings. The van der Waals surface area contributed by atoms with E-state index < -0.39 is 22.0 Å². The number of ether oxygens (including phenoxy) is 1. The fourth-order valence-electron chi connectivity index (χ4n) is 3.16. The summed E-state index contributed by atoms with van der Waals surface area (Å²) in [5.41, 5.74) is 2.11. The van der Waals surface area contributed by atoms with Gasteiger partial charge in [-0.15, -0.1) is 0 Å². The number of sulfonamides is 1. The summed E-state index contributed by atoms with van der Waals surface area (Å²) < 4.78 is 31.8. The predicted octanol–water partition coefficient (Wildman–Crippen LogP) is 1.94. The van der Waals surface area contributed by atoms with Crippen LogP contribution in [0.1, 0.15) is 30.4 Å². The van der Waals surface area contributed by atoms with Gasteiger partial charge < -0.3 is 4.74 Å². The lowest BCUT2D eigenvalue weighted by Crippen LogP contribution is -2.41. The van der Waals surface area contributed by atoms with Crippen LogP contribution in [-0.2, 0) is 26.0 Å². The average molecular weight is 321 g/mol. The minimum Gasteiger partial charge on any atom is -0.468 e. The third kappa shape index (κ3) is 2.57. The number of hydrogen-bond acceptors (Lipinski definition) is 4. The molecule has 1 aliphatic heterocycles. The molecule has 0 saturated carbocycles. The third-order valence-corrected chi connectivity index (χ3v) is 6.37. The molecular formula is C16H19NO4S. The van der Waals surface area contributed by atoms with Crippen molar-refractivity contribution in [3.8, 4) is 0 Å². The minimum atomic E-state index is -3.62. The lowest BCUT2D eigenvalue weighted by molar-refractivity contribution is -0.144.